The first-order chi connectivity index (χ1) is 8.58. The zero-order valence-corrected chi connectivity index (χ0v) is 10.8. The Hall–Kier alpha value is -1.45. The number of nitrogen functional groups attached to an aromatic ring is 1. The van der Waals surface area contributed by atoms with Crippen LogP contribution in [0.4, 0.5) is 10.1 Å². The van der Waals surface area contributed by atoms with Crippen LogP contribution in [0.15, 0.2) is 36.4 Å². The van der Waals surface area contributed by atoms with Gasteiger partial charge in [0.05, 0.1) is 5.02 Å². The summed E-state index contributed by atoms with van der Waals surface area (Å²) in [5, 5.41) is 0.573. The van der Waals surface area contributed by atoms with Crippen LogP contribution in [-0.4, -0.2) is 0 Å². The fourth-order valence-corrected chi connectivity index (χ4v) is 1.80. The van der Waals surface area contributed by atoms with Crippen molar-refractivity contribution in [3.8, 4) is 5.75 Å². The van der Waals surface area contributed by atoms with Gasteiger partial charge in [-0.15, -0.1) is 0 Å². The largest absolute Gasteiger partial charge is 0.489 e. The van der Waals surface area contributed by atoms with Crippen molar-refractivity contribution in [1.29, 1.82) is 0 Å². The number of benzene rings is 2. The summed E-state index contributed by atoms with van der Waals surface area (Å²) in [5.41, 5.74) is 6.99. The van der Waals surface area contributed by atoms with E-state index in [-0.39, 0.29) is 11.6 Å². The molecule has 18 heavy (non-hydrogen) atoms. The van der Waals surface area contributed by atoms with E-state index in [0.717, 1.165) is 0 Å². The van der Waals surface area contributed by atoms with Crippen LogP contribution in [0.25, 0.3) is 0 Å². The molecule has 0 aliphatic rings. The highest BCUT2D eigenvalue weighted by Gasteiger charge is 2.07. The second kappa shape index (κ2) is 5.46. The van der Waals surface area contributed by atoms with Crippen molar-refractivity contribution in [3.05, 3.63) is 57.8 Å². The topological polar surface area (TPSA) is 35.2 Å². The molecule has 2 nitrogen and oxygen atoms in total. The lowest BCUT2D eigenvalue weighted by molar-refractivity contribution is 0.305. The van der Waals surface area contributed by atoms with Gasteiger partial charge in [0.25, 0.3) is 0 Å². The van der Waals surface area contributed by atoms with Crippen molar-refractivity contribution in [3.63, 3.8) is 0 Å². The van der Waals surface area contributed by atoms with Crippen LogP contribution < -0.4 is 10.5 Å². The zero-order chi connectivity index (χ0) is 13.1. The highest BCUT2D eigenvalue weighted by Crippen LogP contribution is 2.25. The quantitative estimate of drug-likeness (QED) is 0.854. The molecule has 2 rings (SSSR count). The van der Waals surface area contributed by atoms with Crippen LogP contribution in [0, 0.1) is 5.82 Å². The fourth-order valence-electron chi connectivity index (χ4n) is 1.45. The first-order valence-electron chi connectivity index (χ1n) is 5.18. The molecule has 2 aromatic rings. The third-order valence-electron chi connectivity index (χ3n) is 2.43. The Morgan fingerprint density at radius 2 is 1.89 bits per heavy atom. The van der Waals surface area contributed by atoms with Crippen LogP contribution in [0.1, 0.15) is 5.56 Å². The first-order valence-corrected chi connectivity index (χ1v) is 5.94. The molecule has 0 atom stereocenters. The molecular weight excluding hydrogens is 276 g/mol. The average molecular weight is 286 g/mol. The molecule has 0 aliphatic heterocycles. The van der Waals surface area contributed by atoms with Crippen molar-refractivity contribution in [2.45, 2.75) is 6.61 Å². The van der Waals surface area contributed by atoms with Crippen LogP contribution in [-0.2, 0) is 6.61 Å². The molecule has 0 unspecified atom stereocenters. The van der Waals surface area contributed by atoms with Crippen molar-refractivity contribution < 1.29 is 9.13 Å². The predicted octanol–water partition coefficient (Wildman–Crippen LogP) is 4.29. The average Bonchev–Trinajstić information content (AvgIpc) is 2.33. The van der Waals surface area contributed by atoms with Gasteiger partial charge in [0.2, 0.25) is 0 Å². The van der Waals surface area contributed by atoms with Crippen molar-refractivity contribution in [1.82, 2.24) is 0 Å². The van der Waals surface area contributed by atoms with Gasteiger partial charge in [0, 0.05) is 22.3 Å². The summed E-state index contributed by atoms with van der Waals surface area (Å²) in [6.07, 6.45) is 0. The second-order valence-electron chi connectivity index (χ2n) is 3.67. The third-order valence-corrected chi connectivity index (χ3v) is 3.09. The lowest BCUT2D eigenvalue weighted by atomic mass is 10.2. The molecule has 0 heterocycles. The van der Waals surface area contributed by atoms with E-state index >= 15 is 0 Å². The molecule has 0 spiro atoms. The third kappa shape index (κ3) is 2.86. The van der Waals surface area contributed by atoms with Crippen LogP contribution in [0.5, 0.6) is 5.75 Å². The van der Waals surface area contributed by atoms with Gasteiger partial charge >= 0.3 is 0 Å². The maximum absolute atomic E-state index is 13.2. The Morgan fingerprint density at radius 3 is 2.56 bits per heavy atom. The van der Waals surface area contributed by atoms with Gasteiger partial charge in [-0.05, 0) is 24.3 Å². The first kappa shape index (κ1) is 13.0. The van der Waals surface area contributed by atoms with E-state index in [1.807, 2.05) is 0 Å². The summed E-state index contributed by atoms with van der Waals surface area (Å²) >= 11 is 11.6. The Morgan fingerprint density at radius 1 is 1.11 bits per heavy atom. The van der Waals surface area contributed by atoms with E-state index in [2.05, 4.69) is 0 Å². The standard InChI is InChI=1S/C13H10Cl2FNO/c14-10-2-1-3-13(17)9(10)7-18-8-4-5-11(15)12(16)6-8/h1-6H,7,17H2. The fraction of sp³-hybridized carbons (Fsp3) is 0.0769. The maximum atomic E-state index is 13.2. The van der Waals surface area contributed by atoms with Gasteiger partial charge < -0.3 is 10.5 Å². The van der Waals surface area contributed by atoms with Crippen LogP contribution >= 0.6 is 23.2 Å². The van der Waals surface area contributed by atoms with Gasteiger partial charge in [0.1, 0.15) is 18.2 Å². The number of halogens is 3. The summed E-state index contributed by atoms with van der Waals surface area (Å²) in [7, 11) is 0. The molecule has 0 aliphatic carbocycles. The summed E-state index contributed by atoms with van der Waals surface area (Å²) in [5.74, 6) is -0.155. The zero-order valence-electron chi connectivity index (χ0n) is 9.29. The SMILES string of the molecule is Nc1cccc(Cl)c1COc1ccc(Cl)c(F)c1. The Labute approximate surface area is 114 Å². The van der Waals surface area contributed by atoms with Crippen molar-refractivity contribution in [2.24, 2.45) is 0 Å². The minimum Gasteiger partial charge on any atom is -0.489 e. The molecule has 0 radical (unpaired) electrons. The molecular formula is C13H10Cl2FNO. The molecule has 0 aromatic heterocycles. The van der Waals surface area contributed by atoms with Gasteiger partial charge in [-0.3, -0.25) is 0 Å². The molecule has 94 valence electrons. The smallest absolute Gasteiger partial charge is 0.145 e. The number of hydrogen-bond acceptors (Lipinski definition) is 2. The van der Waals surface area contributed by atoms with Crippen molar-refractivity contribution in [2.75, 3.05) is 5.73 Å². The van der Waals surface area contributed by atoms with E-state index in [1.54, 1.807) is 24.3 Å². The molecule has 2 aromatic carbocycles. The Bertz CT molecular complexity index is 555. The lowest BCUT2D eigenvalue weighted by Crippen LogP contribution is -2.01. The summed E-state index contributed by atoms with van der Waals surface area (Å²) in [6, 6.07) is 9.44. The molecule has 0 saturated heterocycles. The summed E-state index contributed by atoms with van der Waals surface area (Å²) in [4.78, 5) is 0. The number of nitrogens with two attached hydrogens (primary N) is 1. The van der Waals surface area contributed by atoms with Gasteiger partial charge in [-0.1, -0.05) is 29.3 Å². The molecule has 0 fully saturated rings. The van der Waals surface area contributed by atoms with E-state index in [9.17, 15) is 4.39 Å². The summed E-state index contributed by atoms with van der Waals surface area (Å²) in [6.45, 7) is 0.173. The second-order valence-corrected chi connectivity index (χ2v) is 4.49. The lowest BCUT2D eigenvalue weighted by Gasteiger charge is -2.10. The molecule has 0 saturated carbocycles. The van der Waals surface area contributed by atoms with Crippen LogP contribution in [0.2, 0.25) is 10.0 Å². The Balaban J connectivity index is 2.14. The van der Waals surface area contributed by atoms with E-state index < -0.39 is 5.82 Å². The highest BCUT2D eigenvalue weighted by atomic mass is 35.5. The van der Waals surface area contributed by atoms with E-state index in [4.69, 9.17) is 33.7 Å². The van der Waals surface area contributed by atoms with Gasteiger partial charge in [-0.25, -0.2) is 4.39 Å². The number of rotatable bonds is 3. The van der Waals surface area contributed by atoms with Gasteiger partial charge in [-0.2, -0.15) is 0 Å². The monoisotopic (exact) mass is 285 g/mol. The minimum atomic E-state index is -0.527. The van der Waals surface area contributed by atoms with Gasteiger partial charge in [0.15, 0.2) is 0 Å². The van der Waals surface area contributed by atoms with E-state index in [1.165, 1.54) is 12.1 Å². The molecule has 2 N–H and O–H groups in total. The number of anilines is 1. The van der Waals surface area contributed by atoms with E-state index in [0.29, 0.717) is 22.0 Å². The van der Waals surface area contributed by atoms with Crippen LogP contribution in [0.3, 0.4) is 0 Å². The Kier molecular flexibility index (Phi) is 3.94. The number of hydrogen-bond donors (Lipinski definition) is 1. The highest BCUT2D eigenvalue weighted by molar-refractivity contribution is 6.31. The molecule has 0 amide bonds. The summed E-state index contributed by atoms with van der Waals surface area (Å²) < 4.78 is 18.6. The molecule has 0 bridgehead atoms. The minimum absolute atomic E-state index is 0.0552. The normalized spacial score (nSPS) is 10.4. The maximum Gasteiger partial charge on any atom is 0.145 e. The van der Waals surface area contributed by atoms with Crippen molar-refractivity contribution >= 4 is 28.9 Å². The number of ether oxygens (including phenoxy) is 1. The molecule has 5 heteroatoms. The predicted molar refractivity (Wildman–Crippen MR) is 71.6 cm³/mol.